The molecule has 0 atom stereocenters. The summed E-state index contributed by atoms with van der Waals surface area (Å²) in [6, 6.07) is 14.4. The van der Waals surface area contributed by atoms with Crippen LogP contribution in [-0.2, 0) is 9.53 Å². The lowest BCUT2D eigenvalue weighted by molar-refractivity contribution is -0.384. The van der Waals surface area contributed by atoms with Gasteiger partial charge in [-0.25, -0.2) is 4.79 Å². The molecule has 0 saturated heterocycles. The van der Waals surface area contributed by atoms with Gasteiger partial charge < -0.3 is 15.2 Å². The topological polar surface area (TPSA) is 119 Å². The van der Waals surface area contributed by atoms with Gasteiger partial charge in [-0.2, -0.15) is 0 Å². The van der Waals surface area contributed by atoms with Crippen LogP contribution in [0.1, 0.15) is 15.9 Å². The number of nitro benzene ring substituents is 1. The van der Waals surface area contributed by atoms with E-state index in [0.29, 0.717) is 5.56 Å². The monoisotopic (exact) mass is 380 g/mol. The van der Waals surface area contributed by atoms with Gasteiger partial charge in [-0.3, -0.25) is 14.9 Å². The number of phenolic OH excluding ortho intramolecular Hbond substituents is 1. The van der Waals surface area contributed by atoms with Crippen molar-refractivity contribution in [2.75, 3.05) is 11.9 Å². The Labute approximate surface area is 159 Å². The molecule has 8 heteroatoms. The number of aryl methyl sites for hydroxylation is 1. The van der Waals surface area contributed by atoms with E-state index < -0.39 is 23.4 Å². The van der Waals surface area contributed by atoms with Gasteiger partial charge in [-0.15, -0.1) is 0 Å². The Hall–Kier alpha value is -3.94. The second-order valence-corrected chi connectivity index (χ2v) is 6.12. The van der Waals surface area contributed by atoms with Crippen molar-refractivity contribution in [1.82, 2.24) is 0 Å². The molecule has 0 radical (unpaired) electrons. The number of carbonyl (C=O) groups excluding carboxylic acids is 2. The Kier molecular flexibility index (Phi) is 5.21. The van der Waals surface area contributed by atoms with E-state index in [4.69, 9.17) is 4.74 Å². The maximum atomic E-state index is 12.2. The molecule has 1 amide bonds. The van der Waals surface area contributed by atoms with Crippen LogP contribution in [0.25, 0.3) is 10.8 Å². The van der Waals surface area contributed by atoms with Gasteiger partial charge in [0.15, 0.2) is 6.61 Å². The maximum Gasteiger partial charge on any atom is 0.342 e. The molecule has 2 N–H and O–H groups in total. The van der Waals surface area contributed by atoms with Gasteiger partial charge in [0.05, 0.1) is 4.92 Å². The predicted octanol–water partition coefficient (Wildman–Crippen LogP) is 3.56. The van der Waals surface area contributed by atoms with Gasteiger partial charge in [0.2, 0.25) is 0 Å². The molecule has 28 heavy (non-hydrogen) atoms. The average molecular weight is 380 g/mol. The van der Waals surface area contributed by atoms with Crippen LogP contribution in [0.2, 0.25) is 0 Å². The zero-order valence-corrected chi connectivity index (χ0v) is 14.8. The normalized spacial score (nSPS) is 10.5. The molecule has 3 aromatic carbocycles. The second kappa shape index (κ2) is 7.75. The summed E-state index contributed by atoms with van der Waals surface area (Å²) in [7, 11) is 0. The number of carbonyl (C=O) groups is 2. The first-order chi connectivity index (χ1) is 13.3. The quantitative estimate of drug-likeness (QED) is 0.397. The molecule has 8 nitrogen and oxygen atoms in total. The number of fused-ring (bicyclic) bond motifs is 1. The molecular formula is C20H16N2O6. The van der Waals surface area contributed by atoms with E-state index in [1.54, 1.807) is 37.3 Å². The number of nitro groups is 1. The molecule has 0 aliphatic heterocycles. The van der Waals surface area contributed by atoms with Crippen LogP contribution in [0.15, 0.2) is 54.6 Å². The molecule has 0 bridgehead atoms. The van der Waals surface area contributed by atoms with Crippen molar-refractivity contribution in [2.24, 2.45) is 0 Å². The number of ether oxygens (including phenoxy) is 1. The minimum absolute atomic E-state index is 0.00482. The minimum Gasteiger partial charge on any atom is -0.507 e. The number of rotatable bonds is 5. The van der Waals surface area contributed by atoms with Gasteiger partial charge in [0.25, 0.3) is 11.6 Å². The van der Waals surface area contributed by atoms with E-state index in [2.05, 4.69) is 5.32 Å². The fourth-order valence-corrected chi connectivity index (χ4v) is 2.69. The van der Waals surface area contributed by atoms with Crippen molar-refractivity contribution in [1.29, 1.82) is 0 Å². The second-order valence-electron chi connectivity index (χ2n) is 6.12. The van der Waals surface area contributed by atoms with Crippen LogP contribution in [-0.4, -0.2) is 28.5 Å². The third kappa shape index (κ3) is 4.07. The molecule has 3 rings (SSSR count). The summed E-state index contributed by atoms with van der Waals surface area (Å²) >= 11 is 0. The molecule has 0 saturated carbocycles. The third-order valence-corrected chi connectivity index (χ3v) is 4.04. The van der Waals surface area contributed by atoms with Crippen LogP contribution in [0.5, 0.6) is 5.75 Å². The number of anilines is 1. The lowest BCUT2D eigenvalue weighted by atomic mass is 10.1. The number of hydrogen-bond donors (Lipinski definition) is 2. The van der Waals surface area contributed by atoms with E-state index in [0.717, 1.165) is 10.8 Å². The SMILES string of the molecule is Cc1ccc(NC(=O)COC(=O)c2cc3ccccc3cc2O)c([N+](=O)[O-])c1. The molecule has 0 heterocycles. The predicted molar refractivity (Wildman–Crippen MR) is 102 cm³/mol. The number of phenols is 1. The van der Waals surface area contributed by atoms with E-state index in [9.17, 15) is 24.8 Å². The fourth-order valence-electron chi connectivity index (χ4n) is 2.69. The number of nitrogens with one attached hydrogen (secondary N) is 1. The van der Waals surface area contributed by atoms with Crippen molar-refractivity contribution >= 4 is 34.0 Å². The highest BCUT2D eigenvalue weighted by molar-refractivity contribution is 6.00. The summed E-state index contributed by atoms with van der Waals surface area (Å²) in [5.41, 5.74) is 0.341. The third-order valence-electron chi connectivity index (χ3n) is 4.04. The number of amides is 1. The highest BCUT2D eigenvalue weighted by atomic mass is 16.6. The summed E-state index contributed by atoms with van der Waals surface area (Å²) in [5, 5.41) is 24.9. The number of hydrogen-bond acceptors (Lipinski definition) is 6. The zero-order valence-electron chi connectivity index (χ0n) is 14.8. The summed E-state index contributed by atoms with van der Waals surface area (Å²) in [4.78, 5) is 34.7. The van der Waals surface area contributed by atoms with Crippen molar-refractivity contribution in [3.63, 3.8) is 0 Å². The van der Waals surface area contributed by atoms with Gasteiger partial charge in [0.1, 0.15) is 17.0 Å². The Bertz CT molecular complexity index is 1090. The summed E-state index contributed by atoms with van der Waals surface area (Å²) < 4.78 is 4.94. The highest BCUT2D eigenvalue weighted by Gasteiger charge is 2.18. The summed E-state index contributed by atoms with van der Waals surface area (Å²) in [5.74, 6) is -1.88. The van der Waals surface area contributed by atoms with Crippen molar-refractivity contribution in [2.45, 2.75) is 6.92 Å². The first-order valence-electron chi connectivity index (χ1n) is 8.29. The van der Waals surface area contributed by atoms with Crippen LogP contribution in [0.3, 0.4) is 0 Å². The van der Waals surface area contributed by atoms with Gasteiger partial charge in [-0.05, 0) is 41.5 Å². The molecule has 0 spiro atoms. The van der Waals surface area contributed by atoms with Crippen LogP contribution in [0.4, 0.5) is 11.4 Å². The number of benzene rings is 3. The molecule has 3 aromatic rings. The molecule has 0 fully saturated rings. The Morgan fingerprint density at radius 3 is 2.46 bits per heavy atom. The molecule has 0 aromatic heterocycles. The van der Waals surface area contributed by atoms with Gasteiger partial charge >= 0.3 is 5.97 Å². The van der Waals surface area contributed by atoms with E-state index >= 15 is 0 Å². The molecular weight excluding hydrogens is 364 g/mol. The standard InChI is InChI=1S/C20H16N2O6/c1-12-6-7-16(17(8-12)22(26)27)21-19(24)11-28-20(25)15-9-13-4-2-3-5-14(13)10-18(15)23/h2-10,23H,11H2,1H3,(H,21,24). The Balaban J connectivity index is 1.69. The lowest BCUT2D eigenvalue weighted by Gasteiger charge is -2.09. The number of aromatic hydroxyl groups is 1. The Morgan fingerprint density at radius 2 is 1.79 bits per heavy atom. The van der Waals surface area contributed by atoms with Crippen molar-refractivity contribution < 1.29 is 24.4 Å². The lowest BCUT2D eigenvalue weighted by Crippen LogP contribution is -2.21. The summed E-state index contributed by atoms with van der Waals surface area (Å²) in [6.07, 6.45) is 0. The molecule has 0 aliphatic rings. The van der Waals surface area contributed by atoms with Crippen molar-refractivity contribution in [3.8, 4) is 5.75 Å². The number of esters is 1. The first kappa shape index (κ1) is 18.8. The smallest absolute Gasteiger partial charge is 0.342 e. The average Bonchev–Trinajstić information content (AvgIpc) is 2.66. The van der Waals surface area contributed by atoms with Crippen LogP contribution in [0, 0.1) is 17.0 Å². The Morgan fingerprint density at radius 1 is 1.11 bits per heavy atom. The van der Waals surface area contributed by atoms with E-state index in [-0.39, 0.29) is 22.7 Å². The highest BCUT2D eigenvalue weighted by Crippen LogP contribution is 2.26. The van der Waals surface area contributed by atoms with Crippen molar-refractivity contribution in [3.05, 3.63) is 75.8 Å². The van der Waals surface area contributed by atoms with Crippen LogP contribution < -0.4 is 5.32 Å². The summed E-state index contributed by atoms with van der Waals surface area (Å²) in [6.45, 7) is 1.03. The fraction of sp³-hybridized carbons (Fsp3) is 0.100. The zero-order chi connectivity index (χ0) is 20.3. The minimum atomic E-state index is -0.878. The first-order valence-corrected chi connectivity index (χ1v) is 8.29. The van der Waals surface area contributed by atoms with E-state index in [1.807, 2.05) is 0 Å². The van der Waals surface area contributed by atoms with Gasteiger partial charge in [-0.1, -0.05) is 30.3 Å². The molecule has 142 valence electrons. The van der Waals surface area contributed by atoms with Gasteiger partial charge in [0, 0.05) is 6.07 Å². The van der Waals surface area contributed by atoms with Crippen LogP contribution >= 0.6 is 0 Å². The maximum absolute atomic E-state index is 12.2. The van der Waals surface area contributed by atoms with E-state index in [1.165, 1.54) is 24.3 Å². The molecule has 0 unspecified atom stereocenters. The number of nitrogens with zero attached hydrogens (tertiary/aromatic N) is 1. The largest absolute Gasteiger partial charge is 0.507 e. The molecule has 0 aliphatic carbocycles.